The highest BCUT2D eigenvalue weighted by atomic mass is 32.2. The minimum atomic E-state index is -3.35. The van der Waals surface area contributed by atoms with Crippen molar-refractivity contribution >= 4 is 10.0 Å². The van der Waals surface area contributed by atoms with Crippen molar-refractivity contribution in [3.8, 4) is 0 Å². The third kappa shape index (κ3) is 3.38. The molecule has 1 aromatic rings. The Morgan fingerprint density at radius 3 is 2.52 bits per heavy atom. The zero-order chi connectivity index (χ0) is 17.4. The van der Waals surface area contributed by atoms with Gasteiger partial charge >= 0.3 is 0 Å². The molecule has 4 nitrogen and oxygen atoms in total. The van der Waals surface area contributed by atoms with E-state index in [1.54, 1.807) is 10.4 Å². The summed E-state index contributed by atoms with van der Waals surface area (Å²) >= 11 is 0. The molecule has 0 aromatic heterocycles. The van der Waals surface area contributed by atoms with Crippen LogP contribution in [0.3, 0.4) is 0 Å². The molecule has 25 heavy (non-hydrogen) atoms. The second-order valence-corrected chi connectivity index (χ2v) is 10.1. The fourth-order valence-electron chi connectivity index (χ4n) is 5.06. The lowest BCUT2D eigenvalue weighted by Gasteiger charge is -2.54. The fraction of sp³-hybridized carbons (Fsp3) is 0.700. The number of hydrogen-bond donors (Lipinski definition) is 0. The highest BCUT2D eigenvalue weighted by Gasteiger charge is 2.45. The quantitative estimate of drug-likeness (QED) is 0.825. The van der Waals surface area contributed by atoms with Crippen LogP contribution in [0, 0.1) is 18.8 Å². The molecule has 3 fully saturated rings. The number of likely N-dealkylation sites (tertiary alicyclic amines) is 1. The van der Waals surface area contributed by atoms with Crippen LogP contribution < -0.4 is 0 Å². The number of nitrogens with zero attached hydrogens (tertiary/aromatic N) is 2. The van der Waals surface area contributed by atoms with Crippen molar-refractivity contribution in [2.24, 2.45) is 11.8 Å². The van der Waals surface area contributed by atoms with Crippen molar-refractivity contribution in [3.05, 3.63) is 29.8 Å². The van der Waals surface area contributed by atoms with Crippen LogP contribution in [0.25, 0.3) is 0 Å². The lowest BCUT2D eigenvalue weighted by atomic mass is 9.81. The molecular formula is C20H30N2O2S. The summed E-state index contributed by atoms with van der Waals surface area (Å²) in [6, 6.07) is 7.96. The zero-order valence-corrected chi connectivity index (χ0v) is 16.0. The number of rotatable bonds is 4. The molecule has 0 radical (unpaired) electrons. The summed E-state index contributed by atoms with van der Waals surface area (Å²) in [5.74, 6) is 1.40. The minimum Gasteiger partial charge on any atom is -0.299 e. The van der Waals surface area contributed by atoms with Gasteiger partial charge in [0.05, 0.1) is 4.90 Å². The third-order valence-electron chi connectivity index (χ3n) is 6.52. The van der Waals surface area contributed by atoms with Crippen LogP contribution in [-0.2, 0) is 10.0 Å². The van der Waals surface area contributed by atoms with E-state index in [1.165, 1.54) is 38.6 Å². The SMILES string of the molecule is Cc1ccccc1S(=O)(=O)N1CC[C@@H]2[C@H](CN2CC2CCCCC2)C1. The second-order valence-electron chi connectivity index (χ2n) is 8.20. The first kappa shape index (κ1) is 17.5. The van der Waals surface area contributed by atoms with Crippen molar-refractivity contribution in [2.45, 2.75) is 56.4 Å². The largest absolute Gasteiger partial charge is 0.299 e. The van der Waals surface area contributed by atoms with Crippen LogP contribution in [0.5, 0.6) is 0 Å². The Labute approximate surface area is 152 Å². The molecule has 2 atom stereocenters. The van der Waals surface area contributed by atoms with Gasteiger partial charge in [-0.3, -0.25) is 4.90 Å². The van der Waals surface area contributed by atoms with Crippen LogP contribution in [0.1, 0.15) is 44.1 Å². The number of aryl methyl sites for hydroxylation is 1. The maximum atomic E-state index is 13.0. The van der Waals surface area contributed by atoms with Crippen LogP contribution in [0.15, 0.2) is 29.2 Å². The normalized spacial score (nSPS) is 29.2. The molecule has 3 aliphatic rings. The van der Waals surface area contributed by atoms with Gasteiger partial charge in [-0.15, -0.1) is 0 Å². The predicted molar refractivity (Wildman–Crippen MR) is 100.0 cm³/mol. The summed E-state index contributed by atoms with van der Waals surface area (Å²) < 4.78 is 27.7. The van der Waals surface area contributed by atoms with E-state index in [1.807, 2.05) is 25.1 Å². The number of hydrogen-bond acceptors (Lipinski definition) is 3. The molecule has 138 valence electrons. The Morgan fingerprint density at radius 2 is 1.80 bits per heavy atom. The zero-order valence-electron chi connectivity index (χ0n) is 15.2. The number of fused-ring (bicyclic) bond motifs is 1. The molecular weight excluding hydrogens is 332 g/mol. The molecule has 2 saturated heterocycles. The highest BCUT2D eigenvalue weighted by Crippen LogP contribution is 2.37. The van der Waals surface area contributed by atoms with Gasteiger partial charge in [0.25, 0.3) is 0 Å². The Hall–Kier alpha value is -0.910. The standard InChI is InChI=1S/C20H30N2O2S/c1-16-7-5-6-10-20(16)25(23,24)22-12-11-19-18(15-22)14-21(19)13-17-8-3-2-4-9-17/h5-7,10,17-19H,2-4,8-9,11-15H2,1H3/t18-,19-/m1/s1. The summed E-state index contributed by atoms with van der Waals surface area (Å²) in [6.45, 7) is 5.57. The van der Waals surface area contributed by atoms with E-state index < -0.39 is 10.0 Å². The molecule has 0 spiro atoms. The molecule has 0 N–H and O–H groups in total. The van der Waals surface area contributed by atoms with Crippen molar-refractivity contribution < 1.29 is 8.42 Å². The van der Waals surface area contributed by atoms with E-state index in [0.717, 1.165) is 24.4 Å². The van der Waals surface area contributed by atoms with E-state index in [0.29, 0.717) is 29.9 Å². The summed E-state index contributed by atoms with van der Waals surface area (Å²) in [6.07, 6.45) is 7.98. The number of piperidine rings is 1. The smallest absolute Gasteiger partial charge is 0.243 e. The summed E-state index contributed by atoms with van der Waals surface area (Å²) in [5, 5.41) is 0. The van der Waals surface area contributed by atoms with Crippen molar-refractivity contribution in [3.63, 3.8) is 0 Å². The van der Waals surface area contributed by atoms with Crippen molar-refractivity contribution in [2.75, 3.05) is 26.2 Å². The van der Waals surface area contributed by atoms with Gasteiger partial charge in [0.15, 0.2) is 0 Å². The molecule has 1 aliphatic carbocycles. The van der Waals surface area contributed by atoms with Crippen LogP contribution in [-0.4, -0.2) is 49.8 Å². The van der Waals surface area contributed by atoms with E-state index >= 15 is 0 Å². The molecule has 0 bridgehead atoms. The van der Waals surface area contributed by atoms with Gasteiger partial charge < -0.3 is 0 Å². The molecule has 0 unspecified atom stereocenters. The average molecular weight is 363 g/mol. The summed E-state index contributed by atoms with van der Waals surface area (Å²) in [4.78, 5) is 3.12. The molecule has 4 rings (SSSR count). The van der Waals surface area contributed by atoms with Gasteiger partial charge in [0.1, 0.15) is 0 Å². The molecule has 1 saturated carbocycles. The Morgan fingerprint density at radius 1 is 1.04 bits per heavy atom. The summed E-state index contributed by atoms with van der Waals surface area (Å²) in [7, 11) is -3.35. The number of sulfonamides is 1. The first-order valence-corrected chi connectivity index (χ1v) is 11.3. The van der Waals surface area contributed by atoms with Gasteiger partial charge in [0.2, 0.25) is 10.0 Å². The fourth-order valence-corrected chi connectivity index (χ4v) is 6.80. The van der Waals surface area contributed by atoms with Crippen molar-refractivity contribution in [1.82, 2.24) is 9.21 Å². The molecule has 2 heterocycles. The van der Waals surface area contributed by atoms with Crippen LogP contribution >= 0.6 is 0 Å². The number of benzene rings is 1. The Balaban J connectivity index is 1.38. The predicted octanol–water partition coefficient (Wildman–Crippen LogP) is 3.27. The lowest BCUT2D eigenvalue weighted by Crippen LogP contribution is -2.64. The van der Waals surface area contributed by atoms with E-state index in [-0.39, 0.29) is 0 Å². The minimum absolute atomic E-state index is 0.479. The monoisotopic (exact) mass is 362 g/mol. The van der Waals surface area contributed by atoms with Gasteiger partial charge in [-0.2, -0.15) is 4.31 Å². The Bertz CT molecular complexity index is 712. The van der Waals surface area contributed by atoms with Crippen LogP contribution in [0.4, 0.5) is 0 Å². The lowest BCUT2D eigenvalue weighted by molar-refractivity contribution is -0.0369. The third-order valence-corrected chi connectivity index (χ3v) is 8.55. The first-order valence-electron chi connectivity index (χ1n) is 9.85. The molecule has 1 aromatic carbocycles. The van der Waals surface area contributed by atoms with E-state index in [2.05, 4.69) is 4.90 Å². The topological polar surface area (TPSA) is 40.6 Å². The molecule has 0 amide bonds. The van der Waals surface area contributed by atoms with Crippen LogP contribution in [0.2, 0.25) is 0 Å². The summed E-state index contributed by atoms with van der Waals surface area (Å²) in [5.41, 5.74) is 0.845. The second kappa shape index (κ2) is 7.01. The highest BCUT2D eigenvalue weighted by molar-refractivity contribution is 7.89. The van der Waals surface area contributed by atoms with E-state index in [9.17, 15) is 8.42 Å². The van der Waals surface area contributed by atoms with Gasteiger partial charge in [-0.1, -0.05) is 37.5 Å². The molecule has 2 aliphatic heterocycles. The maximum absolute atomic E-state index is 13.0. The maximum Gasteiger partial charge on any atom is 0.243 e. The van der Waals surface area contributed by atoms with Crippen molar-refractivity contribution in [1.29, 1.82) is 0 Å². The van der Waals surface area contributed by atoms with E-state index in [4.69, 9.17) is 0 Å². The van der Waals surface area contributed by atoms with Gasteiger partial charge in [0, 0.05) is 38.1 Å². The Kier molecular flexibility index (Phi) is 4.91. The molecule has 5 heteroatoms. The van der Waals surface area contributed by atoms with Gasteiger partial charge in [-0.25, -0.2) is 8.42 Å². The average Bonchev–Trinajstić information content (AvgIpc) is 2.60. The van der Waals surface area contributed by atoms with Gasteiger partial charge in [-0.05, 0) is 43.7 Å². The first-order chi connectivity index (χ1) is 12.1.